The minimum absolute atomic E-state index is 0.977. The number of hydrogen-bond donors (Lipinski definition) is 1. The van der Waals surface area contributed by atoms with E-state index in [1.54, 1.807) is 0 Å². The topological polar surface area (TPSA) is 45.5 Å². The Labute approximate surface area is 108 Å². The molecular formula is C12H13N5S. The van der Waals surface area contributed by atoms with Gasteiger partial charge in [0.15, 0.2) is 0 Å². The number of benzene rings is 1. The summed E-state index contributed by atoms with van der Waals surface area (Å²) in [5.41, 5.74) is 2.19. The van der Waals surface area contributed by atoms with Gasteiger partial charge in [0.25, 0.3) is 0 Å². The monoisotopic (exact) mass is 259 g/mol. The van der Waals surface area contributed by atoms with Gasteiger partial charge in [-0.15, -0.1) is 0 Å². The Hall–Kier alpha value is -1.66. The maximum Gasteiger partial charge on any atom is 0.223 e. The number of rotatable bonds is 1. The second-order valence-electron chi connectivity index (χ2n) is 4.44. The average Bonchev–Trinajstić information content (AvgIpc) is 2.98. The number of imidazole rings is 1. The van der Waals surface area contributed by atoms with Crippen molar-refractivity contribution in [1.29, 1.82) is 0 Å². The highest BCUT2D eigenvalue weighted by Crippen LogP contribution is 2.25. The van der Waals surface area contributed by atoms with Gasteiger partial charge < -0.3 is 10.2 Å². The molecule has 0 aliphatic carbocycles. The van der Waals surface area contributed by atoms with E-state index in [4.69, 9.17) is 0 Å². The second-order valence-corrected chi connectivity index (χ2v) is 5.17. The van der Waals surface area contributed by atoms with Crippen molar-refractivity contribution < 1.29 is 0 Å². The molecule has 0 saturated carbocycles. The normalized spacial score (nSPS) is 16.8. The van der Waals surface area contributed by atoms with Crippen molar-refractivity contribution in [2.45, 2.75) is 0 Å². The summed E-state index contributed by atoms with van der Waals surface area (Å²) in [4.78, 5) is 7.91. The fourth-order valence-electron chi connectivity index (χ4n) is 2.44. The fraction of sp³-hybridized carbons (Fsp3) is 0.333. The predicted molar refractivity (Wildman–Crippen MR) is 73.5 cm³/mol. The third-order valence-electron chi connectivity index (χ3n) is 3.34. The van der Waals surface area contributed by atoms with Gasteiger partial charge in [-0.05, 0) is 12.1 Å². The minimum atomic E-state index is 0.977. The largest absolute Gasteiger partial charge is 0.339 e. The van der Waals surface area contributed by atoms with Crippen LogP contribution in [0.3, 0.4) is 0 Å². The molecule has 92 valence electrons. The van der Waals surface area contributed by atoms with E-state index in [0.29, 0.717) is 0 Å². The Morgan fingerprint density at radius 2 is 2.00 bits per heavy atom. The second kappa shape index (κ2) is 3.93. The summed E-state index contributed by atoms with van der Waals surface area (Å²) in [6, 6.07) is 8.24. The van der Waals surface area contributed by atoms with E-state index in [2.05, 4.69) is 42.2 Å². The first kappa shape index (κ1) is 10.3. The Balaban J connectivity index is 1.94. The van der Waals surface area contributed by atoms with E-state index in [9.17, 15) is 0 Å². The Bertz CT molecular complexity index is 695. The zero-order valence-electron chi connectivity index (χ0n) is 9.83. The summed E-state index contributed by atoms with van der Waals surface area (Å²) in [6.07, 6.45) is 0. The SMILES string of the molecule is c1ccc2c(c1)nc1snc(N3CCNCC3)n12. The Kier molecular flexibility index (Phi) is 2.24. The Morgan fingerprint density at radius 3 is 2.89 bits per heavy atom. The van der Waals surface area contributed by atoms with Crippen molar-refractivity contribution in [3.05, 3.63) is 24.3 Å². The van der Waals surface area contributed by atoms with E-state index in [-0.39, 0.29) is 0 Å². The van der Waals surface area contributed by atoms with Gasteiger partial charge in [0.05, 0.1) is 11.0 Å². The van der Waals surface area contributed by atoms with Crippen LogP contribution in [0.4, 0.5) is 5.95 Å². The van der Waals surface area contributed by atoms with E-state index in [1.165, 1.54) is 11.5 Å². The molecule has 1 N–H and O–H groups in total. The van der Waals surface area contributed by atoms with Crippen LogP contribution in [0.2, 0.25) is 0 Å². The molecule has 1 aliphatic heterocycles. The summed E-state index contributed by atoms with van der Waals surface area (Å²) in [5, 5.41) is 3.36. The number of nitrogens with one attached hydrogen (secondary N) is 1. The molecule has 3 aromatic rings. The third-order valence-corrected chi connectivity index (χ3v) is 4.03. The molecule has 4 rings (SSSR count). The van der Waals surface area contributed by atoms with Crippen molar-refractivity contribution in [1.82, 2.24) is 19.1 Å². The molecular weight excluding hydrogens is 246 g/mol. The van der Waals surface area contributed by atoms with Gasteiger partial charge in [-0.2, -0.15) is 4.37 Å². The van der Waals surface area contributed by atoms with E-state index < -0.39 is 0 Å². The summed E-state index contributed by atoms with van der Waals surface area (Å²) in [6.45, 7) is 4.05. The van der Waals surface area contributed by atoms with Crippen molar-refractivity contribution in [2.75, 3.05) is 31.1 Å². The van der Waals surface area contributed by atoms with E-state index >= 15 is 0 Å². The third kappa shape index (κ3) is 1.42. The van der Waals surface area contributed by atoms with Gasteiger partial charge in [-0.1, -0.05) is 12.1 Å². The first-order chi connectivity index (χ1) is 8.93. The highest BCUT2D eigenvalue weighted by Gasteiger charge is 2.18. The maximum atomic E-state index is 4.61. The lowest BCUT2D eigenvalue weighted by Crippen LogP contribution is -2.44. The van der Waals surface area contributed by atoms with Gasteiger partial charge in [-0.25, -0.2) is 4.98 Å². The lowest BCUT2D eigenvalue weighted by molar-refractivity contribution is 0.580. The molecule has 0 bridgehead atoms. The number of anilines is 1. The first-order valence-electron chi connectivity index (χ1n) is 6.12. The Morgan fingerprint density at radius 1 is 1.17 bits per heavy atom. The van der Waals surface area contributed by atoms with E-state index in [0.717, 1.165) is 48.1 Å². The fourth-order valence-corrected chi connectivity index (χ4v) is 3.21. The molecule has 1 aromatic carbocycles. The van der Waals surface area contributed by atoms with Crippen molar-refractivity contribution >= 4 is 33.5 Å². The molecule has 1 aliphatic rings. The molecule has 1 fully saturated rings. The summed E-state index contributed by atoms with van der Waals surface area (Å²) in [5.74, 6) is 1.03. The van der Waals surface area contributed by atoms with Gasteiger partial charge in [0, 0.05) is 37.7 Å². The molecule has 0 amide bonds. The van der Waals surface area contributed by atoms with Crippen LogP contribution in [0.5, 0.6) is 0 Å². The van der Waals surface area contributed by atoms with Gasteiger partial charge in [0.2, 0.25) is 10.9 Å². The van der Waals surface area contributed by atoms with Crippen molar-refractivity contribution in [3.63, 3.8) is 0 Å². The van der Waals surface area contributed by atoms with Crippen LogP contribution >= 0.6 is 11.5 Å². The van der Waals surface area contributed by atoms with Crippen molar-refractivity contribution in [3.8, 4) is 0 Å². The summed E-state index contributed by atoms with van der Waals surface area (Å²) < 4.78 is 6.74. The van der Waals surface area contributed by atoms with Gasteiger partial charge in [0.1, 0.15) is 0 Å². The number of para-hydroxylation sites is 2. The van der Waals surface area contributed by atoms with Crippen LogP contribution < -0.4 is 10.2 Å². The molecule has 5 nitrogen and oxygen atoms in total. The highest BCUT2D eigenvalue weighted by atomic mass is 32.1. The standard InChI is InChI=1S/C12H13N5S/c1-2-4-10-9(3-1)14-12-17(10)11(15-18-12)16-7-5-13-6-8-16/h1-4,13H,5-8H2. The van der Waals surface area contributed by atoms with Gasteiger partial charge >= 0.3 is 0 Å². The van der Waals surface area contributed by atoms with Crippen LogP contribution in [0.1, 0.15) is 0 Å². The molecule has 0 atom stereocenters. The quantitative estimate of drug-likeness (QED) is 0.716. The zero-order valence-corrected chi connectivity index (χ0v) is 10.7. The average molecular weight is 259 g/mol. The lowest BCUT2D eigenvalue weighted by atomic mass is 10.3. The number of piperazine rings is 1. The minimum Gasteiger partial charge on any atom is -0.339 e. The highest BCUT2D eigenvalue weighted by molar-refractivity contribution is 7.11. The molecule has 1 saturated heterocycles. The smallest absolute Gasteiger partial charge is 0.223 e. The zero-order chi connectivity index (χ0) is 11.9. The number of fused-ring (bicyclic) bond motifs is 3. The molecule has 0 unspecified atom stereocenters. The van der Waals surface area contributed by atoms with Gasteiger partial charge in [-0.3, -0.25) is 4.40 Å². The van der Waals surface area contributed by atoms with E-state index in [1.807, 2.05) is 6.07 Å². The first-order valence-corrected chi connectivity index (χ1v) is 6.89. The molecule has 18 heavy (non-hydrogen) atoms. The molecule has 3 heterocycles. The molecule has 0 radical (unpaired) electrons. The van der Waals surface area contributed by atoms with Crippen LogP contribution in [-0.4, -0.2) is 39.9 Å². The van der Waals surface area contributed by atoms with Crippen LogP contribution in [0.15, 0.2) is 24.3 Å². The number of hydrogen-bond acceptors (Lipinski definition) is 5. The van der Waals surface area contributed by atoms with Crippen LogP contribution in [0.25, 0.3) is 16.0 Å². The lowest BCUT2D eigenvalue weighted by Gasteiger charge is -2.27. The van der Waals surface area contributed by atoms with Crippen molar-refractivity contribution in [2.24, 2.45) is 0 Å². The summed E-state index contributed by atoms with van der Waals surface area (Å²) in [7, 11) is 0. The maximum absolute atomic E-state index is 4.61. The summed E-state index contributed by atoms with van der Waals surface area (Å²) >= 11 is 1.47. The molecule has 2 aromatic heterocycles. The van der Waals surface area contributed by atoms with Crippen LogP contribution in [0, 0.1) is 0 Å². The predicted octanol–water partition coefficient (Wildman–Crippen LogP) is 1.35. The van der Waals surface area contributed by atoms with Crippen LogP contribution in [-0.2, 0) is 0 Å². The number of nitrogens with zero attached hydrogens (tertiary/aromatic N) is 4. The number of aromatic nitrogens is 3. The molecule has 0 spiro atoms. The molecule has 6 heteroatoms.